The van der Waals surface area contributed by atoms with Gasteiger partial charge in [-0.2, -0.15) is 4.98 Å². The number of benzene rings is 2. The molecule has 0 radical (unpaired) electrons. The van der Waals surface area contributed by atoms with Gasteiger partial charge in [-0.25, -0.2) is 9.67 Å². The summed E-state index contributed by atoms with van der Waals surface area (Å²) in [5, 5.41) is 5.19. The quantitative estimate of drug-likeness (QED) is 0.531. The smallest absolute Gasteiger partial charge is 0.242 e. The lowest BCUT2D eigenvalue weighted by Crippen LogP contribution is -1.93. The van der Waals surface area contributed by atoms with Crippen LogP contribution in [0.4, 0.5) is 5.95 Å². The highest BCUT2D eigenvalue weighted by Gasteiger charge is 2.06. The van der Waals surface area contributed by atoms with E-state index in [2.05, 4.69) is 27.2 Å². The Labute approximate surface area is 133 Å². The second-order valence-electron chi connectivity index (χ2n) is 4.76. The maximum Gasteiger partial charge on any atom is 0.269 e. The average molecular weight is 308 g/mol. The highest BCUT2D eigenvalue weighted by atomic mass is 32.2. The minimum Gasteiger partial charge on any atom is -0.242 e. The Morgan fingerprint density at radius 3 is 2.45 bits per heavy atom. The van der Waals surface area contributed by atoms with Gasteiger partial charge in [-0.05, 0) is 11.1 Å². The Bertz CT molecular complexity index is 751. The molecule has 0 aliphatic rings. The van der Waals surface area contributed by atoms with Gasteiger partial charge in [0.25, 0.3) is 5.95 Å². The van der Waals surface area contributed by atoms with E-state index in [9.17, 15) is 0 Å². The number of nitrogens with zero attached hydrogens (tertiary/aromatic N) is 4. The summed E-state index contributed by atoms with van der Waals surface area (Å²) in [7, 11) is 1.89. The Balaban J connectivity index is 1.67. The summed E-state index contributed by atoms with van der Waals surface area (Å²) >= 11 is 1.66. The Morgan fingerprint density at radius 1 is 1.05 bits per heavy atom. The standard InChI is InChI=1S/C17H16N4S/c1-21-17(22-13-15-10-6-3-7-11-15)19-16(20-21)18-12-14-8-4-2-5-9-14/h2-12H,13H2,1H3/b18-12-. The zero-order valence-electron chi connectivity index (χ0n) is 12.3. The topological polar surface area (TPSA) is 43.1 Å². The van der Waals surface area contributed by atoms with Gasteiger partial charge < -0.3 is 0 Å². The van der Waals surface area contributed by atoms with E-state index in [1.807, 2.05) is 55.6 Å². The van der Waals surface area contributed by atoms with Crippen LogP contribution < -0.4 is 0 Å². The number of rotatable bonds is 5. The van der Waals surface area contributed by atoms with E-state index in [4.69, 9.17) is 0 Å². The second-order valence-corrected chi connectivity index (χ2v) is 5.70. The molecule has 5 heteroatoms. The van der Waals surface area contributed by atoms with E-state index in [-0.39, 0.29) is 0 Å². The summed E-state index contributed by atoms with van der Waals surface area (Å²) in [6.45, 7) is 0. The third kappa shape index (κ3) is 3.83. The molecular weight excluding hydrogens is 292 g/mol. The zero-order valence-corrected chi connectivity index (χ0v) is 13.1. The number of aromatic nitrogens is 3. The molecule has 110 valence electrons. The van der Waals surface area contributed by atoms with E-state index in [1.165, 1.54) is 5.56 Å². The third-order valence-corrected chi connectivity index (χ3v) is 4.14. The van der Waals surface area contributed by atoms with E-state index in [0.29, 0.717) is 5.95 Å². The minimum atomic E-state index is 0.488. The monoisotopic (exact) mass is 308 g/mol. The molecule has 0 aliphatic heterocycles. The van der Waals surface area contributed by atoms with Crippen LogP contribution in [0.3, 0.4) is 0 Å². The molecule has 0 bridgehead atoms. The van der Waals surface area contributed by atoms with Crippen molar-refractivity contribution < 1.29 is 0 Å². The lowest BCUT2D eigenvalue weighted by atomic mass is 10.2. The van der Waals surface area contributed by atoms with Crippen molar-refractivity contribution in [3.05, 3.63) is 71.8 Å². The van der Waals surface area contributed by atoms with Crippen molar-refractivity contribution in [3.8, 4) is 0 Å². The molecule has 0 saturated carbocycles. The molecule has 2 aromatic carbocycles. The van der Waals surface area contributed by atoms with Crippen LogP contribution in [0.15, 0.2) is 70.8 Å². The number of aryl methyl sites for hydroxylation is 1. The van der Waals surface area contributed by atoms with Crippen LogP contribution in [0, 0.1) is 0 Å². The fourth-order valence-electron chi connectivity index (χ4n) is 1.93. The minimum absolute atomic E-state index is 0.488. The summed E-state index contributed by atoms with van der Waals surface area (Å²) < 4.78 is 1.77. The fraction of sp³-hybridized carbons (Fsp3) is 0.118. The Kier molecular flexibility index (Phi) is 4.65. The first kappa shape index (κ1) is 14.5. The van der Waals surface area contributed by atoms with Crippen molar-refractivity contribution in [2.45, 2.75) is 10.9 Å². The molecule has 0 amide bonds. The van der Waals surface area contributed by atoms with Crippen molar-refractivity contribution >= 4 is 23.9 Å². The fourth-order valence-corrected chi connectivity index (χ4v) is 2.79. The average Bonchev–Trinajstić information content (AvgIpc) is 2.93. The Hall–Kier alpha value is -2.40. The van der Waals surface area contributed by atoms with Gasteiger partial charge in [0.1, 0.15) is 0 Å². The molecule has 3 aromatic rings. The molecule has 1 heterocycles. The van der Waals surface area contributed by atoms with Gasteiger partial charge in [-0.1, -0.05) is 72.4 Å². The van der Waals surface area contributed by atoms with Crippen LogP contribution in [0.1, 0.15) is 11.1 Å². The molecule has 0 spiro atoms. The molecule has 0 atom stereocenters. The summed E-state index contributed by atoms with van der Waals surface area (Å²) in [4.78, 5) is 8.79. The number of aliphatic imine (C=N–C) groups is 1. The molecule has 1 aromatic heterocycles. The lowest BCUT2D eigenvalue weighted by Gasteiger charge is -1.99. The Morgan fingerprint density at radius 2 is 1.73 bits per heavy atom. The van der Waals surface area contributed by atoms with E-state index in [0.717, 1.165) is 16.5 Å². The van der Waals surface area contributed by atoms with Crippen molar-refractivity contribution in [3.63, 3.8) is 0 Å². The summed E-state index contributed by atoms with van der Waals surface area (Å²) in [5.74, 6) is 1.36. The van der Waals surface area contributed by atoms with Gasteiger partial charge in [0, 0.05) is 19.0 Å². The van der Waals surface area contributed by atoms with Gasteiger partial charge in [-0.15, -0.1) is 5.10 Å². The predicted octanol–water partition coefficient (Wildman–Crippen LogP) is 3.86. The molecular formula is C17H16N4S. The number of thioether (sulfide) groups is 1. The molecule has 0 aliphatic carbocycles. The maximum absolute atomic E-state index is 4.46. The van der Waals surface area contributed by atoms with Crippen LogP contribution in [-0.2, 0) is 12.8 Å². The van der Waals surface area contributed by atoms with Gasteiger partial charge in [0.2, 0.25) is 0 Å². The van der Waals surface area contributed by atoms with Gasteiger partial charge in [-0.3, -0.25) is 0 Å². The number of hydrogen-bond donors (Lipinski definition) is 0. The van der Waals surface area contributed by atoms with Crippen LogP contribution in [0.2, 0.25) is 0 Å². The summed E-state index contributed by atoms with van der Waals surface area (Å²) in [6.07, 6.45) is 1.78. The molecule has 4 nitrogen and oxygen atoms in total. The molecule has 0 fully saturated rings. The van der Waals surface area contributed by atoms with Crippen molar-refractivity contribution in [1.29, 1.82) is 0 Å². The van der Waals surface area contributed by atoms with Crippen molar-refractivity contribution in [1.82, 2.24) is 14.8 Å². The molecule has 3 rings (SSSR count). The molecule has 0 unspecified atom stereocenters. The van der Waals surface area contributed by atoms with Gasteiger partial charge in [0.15, 0.2) is 5.16 Å². The maximum atomic E-state index is 4.46. The largest absolute Gasteiger partial charge is 0.269 e. The van der Waals surface area contributed by atoms with Crippen molar-refractivity contribution in [2.75, 3.05) is 0 Å². The van der Waals surface area contributed by atoms with Crippen molar-refractivity contribution in [2.24, 2.45) is 12.0 Å². The predicted molar refractivity (Wildman–Crippen MR) is 90.7 cm³/mol. The summed E-state index contributed by atoms with van der Waals surface area (Å²) in [6, 6.07) is 20.3. The molecule has 0 saturated heterocycles. The molecule has 0 N–H and O–H groups in total. The normalized spacial score (nSPS) is 11.1. The van der Waals surface area contributed by atoms with Crippen LogP contribution in [0.5, 0.6) is 0 Å². The third-order valence-electron chi connectivity index (χ3n) is 3.05. The van der Waals surface area contributed by atoms with Gasteiger partial charge in [0.05, 0.1) is 0 Å². The van der Waals surface area contributed by atoms with Crippen LogP contribution in [-0.4, -0.2) is 21.0 Å². The van der Waals surface area contributed by atoms with E-state index < -0.39 is 0 Å². The first-order valence-electron chi connectivity index (χ1n) is 6.98. The highest BCUT2D eigenvalue weighted by molar-refractivity contribution is 7.98. The van der Waals surface area contributed by atoms with Crippen LogP contribution in [0.25, 0.3) is 0 Å². The first-order chi connectivity index (χ1) is 10.8. The molecule has 22 heavy (non-hydrogen) atoms. The number of hydrogen-bond acceptors (Lipinski definition) is 4. The second kappa shape index (κ2) is 7.04. The highest BCUT2D eigenvalue weighted by Crippen LogP contribution is 2.22. The summed E-state index contributed by atoms with van der Waals surface area (Å²) in [5.41, 5.74) is 2.30. The zero-order chi connectivity index (χ0) is 15.2. The van der Waals surface area contributed by atoms with E-state index >= 15 is 0 Å². The van der Waals surface area contributed by atoms with Gasteiger partial charge >= 0.3 is 0 Å². The first-order valence-corrected chi connectivity index (χ1v) is 7.97. The lowest BCUT2D eigenvalue weighted by molar-refractivity contribution is 0.685. The van der Waals surface area contributed by atoms with E-state index in [1.54, 1.807) is 22.7 Å². The van der Waals surface area contributed by atoms with Crippen LogP contribution >= 0.6 is 11.8 Å². The SMILES string of the molecule is Cn1nc(/N=C\c2ccccc2)nc1SCc1ccccc1.